The number of hydrogen-bond acceptors (Lipinski definition) is 5. The Labute approximate surface area is 185 Å². The minimum atomic E-state index is -0.116. The molecule has 0 aromatic heterocycles. The van der Waals surface area contributed by atoms with Crippen molar-refractivity contribution in [2.45, 2.75) is 38.3 Å². The van der Waals surface area contributed by atoms with Crippen molar-refractivity contribution >= 4 is 40.5 Å². The number of carbonyl (C=O) groups excluding carboxylic acids is 1. The summed E-state index contributed by atoms with van der Waals surface area (Å²) >= 11 is 7.59. The third-order valence-electron chi connectivity index (χ3n) is 5.10. The van der Waals surface area contributed by atoms with Crippen molar-refractivity contribution in [1.29, 1.82) is 0 Å². The molecule has 2 aromatic carbocycles. The van der Waals surface area contributed by atoms with E-state index in [9.17, 15) is 4.79 Å². The van der Waals surface area contributed by atoms with E-state index in [4.69, 9.17) is 21.1 Å². The lowest BCUT2D eigenvalue weighted by molar-refractivity contribution is -0.115. The molecule has 2 aliphatic rings. The lowest BCUT2D eigenvalue weighted by Crippen LogP contribution is -2.21. The zero-order valence-corrected chi connectivity index (χ0v) is 18.3. The van der Waals surface area contributed by atoms with E-state index in [1.165, 1.54) is 24.6 Å². The van der Waals surface area contributed by atoms with Gasteiger partial charge in [-0.3, -0.25) is 9.79 Å². The number of benzene rings is 2. The molecule has 0 unspecified atom stereocenters. The molecule has 1 amide bonds. The third-order valence-corrected chi connectivity index (χ3v) is 6.39. The van der Waals surface area contributed by atoms with Crippen molar-refractivity contribution in [3.63, 3.8) is 0 Å². The van der Waals surface area contributed by atoms with Gasteiger partial charge in [0.15, 0.2) is 16.7 Å². The van der Waals surface area contributed by atoms with Crippen LogP contribution in [-0.4, -0.2) is 24.2 Å². The van der Waals surface area contributed by atoms with Crippen molar-refractivity contribution < 1.29 is 14.3 Å². The van der Waals surface area contributed by atoms with Gasteiger partial charge < -0.3 is 14.8 Å². The van der Waals surface area contributed by atoms with Crippen LogP contribution in [0.25, 0.3) is 6.08 Å². The Morgan fingerprint density at radius 2 is 2.00 bits per heavy atom. The standard InChI is InChI=1S/C23H23ClN2O3S/c1-28-20-12-15(10-11-19(20)29-14-16-6-2-5-9-18(16)24)13-21-22(27)26-23(30-21)25-17-7-3-4-8-17/h2,5-6,9-13,17H,3-4,7-8,14H2,1H3,(H,25,26,27)/b21-13+. The SMILES string of the molecule is COc1cc(/C=C2/SC(=NC3CCCC3)NC2=O)ccc1OCc1ccccc1Cl. The van der Waals surface area contributed by atoms with E-state index in [1.54, 1.807) is 7.11 Å². The number of amides is 1. The van der Waals surface area contributed by atoms with Crippen LogP contribution in [0.4, 0.5) is 0 Å². The Bertz CT molecular complexity index is 1000. The minimum Gasteiger partial charge on any atom is -0.493 e. The molecule has 0 spiro atoms. The molecule has 5 nitrogen and oxygen atoms in total. The number of carbonyl (C=O) groups is 1. The number of thioether (sulfide) groups is 1. The number of ether oxygens (including phenoxy) is 2. The Hall–Kier alpha value is -2.44. The molecule has 7 heteroatoms. The summed E-state index contributed by atoms with van der Waals surface area (Å²) in [6, 6.07) is 13.5. The van der Waals surface area contributed by atoms with E-state index >= 15 is 0 Å². The number of methoxy groups -OCH3 is 1. The minimum absolute atomic E-state index is 0.116. The summed E-state index contributed by atoms with van der Waals surface area (Å²) in [5.41, 5.74) is 1.76. The molecular formula is C23H23ClN2O3S. The molecule has 0 bridgehead atoms. The summed E-state index contributed by atoms with van der Waals surface area (Å²) in [4.78, 5) is 17.6. The van der Waals surface area contributed by atoms with Crippen molar-refractivity contribution in [1.82, 2.24) is 5.32 Å². The molecule has 0 radical (unpaired) electrons. The number of amidine groups is 1. The van der Waals surface area contributed by atoms with Crippen molar-refractivity contribution in [2.75, 3.05) is 7.11 Å². The fourth-order valence-corrected chi connectivity index (χ4v) is 4.59. The highest BCUT2D eigenvalue weighted by Gasteiger charge is 2.25. The molecule has 1 aliphatic carbocycles. The van der Waals surface area contributed by atoms with Gasteiger partial charge in [0.05, 0.1) is 18.1 Å². The summed E-state index contributed by atoms with van der Waals surface area (Å²) in [6.45, 7) is 0.343. The van der Waals surface area contributed by atoms with Gasteiger partial charge in [0, 0.05) is 10.6 Å². The maximum Gasteiger partial charge on any atom is 0.264 e. The quantitative estimate of drug-likeness (QED) is 0.606. The van der Waals surface area contributed by atoms with Crippen LogP contribution in [0.5, 0.6) is 11.5 Å². The summed E-state index contributed by atoms with van der Waals surface area (Å²) in [6.07, 6.45) is 6.48. The van der Waals surface area contributed by atoms with Crippen molar-refractivity contribution in [2.24, 2.45) is 4.99 Å². The highest BCUT2D eigenvalue weighted by molar-refractivity contribution is 8.18. The van der Waals surface area contributed by atoms with Gasteiger partial charge in [-0.15, -0.1) is 0 Å². The molecule has 2 aromatic rings. The van der Waals surface area contributed by atoms with Gasteiger partial charge >= 0.3 is 0 Å². The number of halogens is 1. The zero-order chi connectivity index (χ0) is 20.9. The van der Waals surface area contributed by atoms with Gasteiger partial charge in [0.25, 0.3) is 5.91 Å². The first-order valence-corrected chi connectivity index (χ1v) is 11.1. The van der Waals surface area contributed by atoms with Crippen LogP contribution in [0.1, 0.15) is 36.8 Å². The molecule has 1 heterocycles. The van der Waals surface area contributed by atoms with E-state index in [1.807, 2.05) is 48.5 Å². The summed E-state index contributed by atoms with van der Waals surface area (Å²) < 4.78 is 11.4. The van der Waals surface area contributed by atoms with Crippen LogP contribution >= 0.6 is 23.4 Å². The Kier molecular flexibility index (Phi) is 6.65. The van der Waals surface area contributed by atoms with Gasteiger partial charge in [-0.1, -0.05) is 48.7 Å². The number of nitrogens with zero attached hydrogens (tertiary/aromatic N) is 1. The van der Waals surface area contributed by atoms with Gasteiger partial charge in [-0.2, -0.15) is 0 Å². The van der Waals surface area contributed by atoms with Crippen molar-refractivity contribution in [3.05, 3.63) is 63.5 Å². The topological polar surface area (TPSA) is 59.9 Å². The van der Waals surface area contributed by atoms with Crippen LogP contribution in [0, 0.1) is 0 Å². The molecule has 1 saturated carbocycles. The Balaban J connectivity index is 1.47. The lowest BCUT2D eigenvalue weighted by atomic mass is 10.2. The average molecular weight is 443 g/mol. The van der Waals surface area contributed by atoms with E-state index in [2.05, 4.69) is 10.3 Å². The second-order valence-corrected chi connectivity index (χ2v) is 8.67. The van der Waals surface area contributed by atoms with Gasteiger partial charge in [0.1, 0.15) is 6.61 Å². The molecule has 4 rings (SSSR count). The van der Waals surface area contributed by atoms with E-state index in [0.717, 1.165) is 24.0 Å². The van der Waals surface area contributed by atoms with Gasteiger partial charge in [-0.05, 0) is 54.4 Å². The Morgan fingerprint density at radius 3 is 2.77 bits per heavy atom. The Morgan fingerprint density at radius 1 is 1.20 bits per heavy atom. The summed E-state index contributed by atoms with van der Waals surface area (Å²) in [5, 5.41) is 4.24. The van der Waals surface area contributed by atoms with Crippen LogP contribution < -0.4 is 14.8 Å². The monoisotopic (exact) mass is 442 g/mol. The highest BCUT2D eigenvalue weighted by atomic mass is 35.5. The first-order valence-electron chi connectivity index (χ1n) is 9.95. The molecule has 1 saturated heterocycles. The summed E-state index contributed by atoms with van der Waals surface area (Å²) in [7, 11) is 1.60. The van der Waals surface area contributed by atoms with Crippen molar-refractivity contribution in [3.8, 4) is 11.5 Å². The predicted octanol–water partition coefficient (Wildman–Crippen LogP) is 5.43. The molecule has 2 fully saturated rings. The molecule has 1 aliphatic heterocycles. The third kappa shape index (κ3) is 4.99. The summed E-state index contributed by atoms with van der Waals surface area (Å²) in [5.74, 6) is 1.10. The average Bonchev–Trinajstić information content (AvgIpc) is 3.38. The van der Waals surface area contributed by atoms with Gasteiger partial charge in [0.2, 0.25) is 0 Å². The number of aliphatic imine (C=N–C) groups is 1. The van der Waals surface area contributed by atoms with Crippen LogP contribution in [0.2, 0.25) is 5.02 Å². The number of nitrogens with one attached hydrogen (secondary N) is 1. The molecule has 156 valence electrons. The number of hydrogen-bond donors (Lipinski definition) is 1. The van der Waals surface area contributed by atoms with E-state index < -0.39 is 0 Å². The van der Waals surface area contributed by atoms with Crippen LogP contribution in [0.3, 0.4) is 0 Å². The highest BCUT2D eigenvalue weighted by Crippen LogP contribution is 2.33. The molecular weight excluding hydrogens is 420 g/mol. The smallest absolute Gasteiger partial charge is 0.264 e. The fraction of sp³-hybridized carbons (Fsp3) is 0.304. The maximum absolute atomic E-state index is 12.3. The second kappa shape index (κ2) is 9.58. The first-order chi connectivity index (χ1) is 14.6. The van der Waals surface area contributed by atoms with Crippen LogP contribution in [-0.2, 0) is 11.4 Å². The normalized spacial score (nSPS) is 19.5. The zero-order valence-electron chi connectivity index (χ0n) is 16.7. The first kappa shape index (κ1) is 20.8. The molecule has 30 heavy (non-hydrogen) atoms. The largest absolute Gasteiger partial charge is 0.493 e. The molecule has 1 N–H and O–H groups in total. The maximum atomic E-state index is 12.3. The predicted molar refractivity (Wildman–Crippen MR) is 122 cm³/mol. The second-order valence-electron chi connectivity index (χ2n) is 7.23. The fourth-order valence-electron chi connectivity index (χ4n) is 3.50. The van der Waals surface area contributed by atoms with Crippen LogP contribution in [0.15, 0.2) is 52.4 Å². The van der Waals surface area contributed by atoms with E-state index in [-0.39, 0.29) is 5.91 Å². The van der Waals surface area contributed by atoms with Gasteiger partial charge in [-0.25, -0.2) is 0 Å². The lowest BCUT2D eigenvalue weighted by Gasteiger charge is -2.12. The van der Waals surface area contributed by atoms with E-state index in [0.29, 0.717) is 39.2 Å². The number of rotatable bonds is 6. The molecule has 0 atom stereocenters.